The third-order valence-electron chi connectivity index (χ3n) is 0.908. The van der Waals surface area contributed by atoms with Gasteiger partial charge in [-0.1, -0.05) is 23.2 Å². The molecule has 0 radical (unpaired) electrons. The van der Waals surface area contributed by atoms with E-state index in [2.05, 4.69) is 5.32 Å². The van der Waals surface area contributed by atoms with Gasteiger partial charge in [-0.05, 0) is 12.2 Å². The minimum atomic E-state index is -0.255. The summed E-state index contributed by atoms with van der Waals surface area (Å²) in [6.45, 7) is 0. The summed E-state index contributed by atoms with van der Waals surface area (Å²) in [6, 6.07) is 0. The van der Waals surface area contributed by atoms with E-state index in [0.29, 0.717) is 10.2 Å². The largest absolute Gasteiger partial charge is 0.357 e. The second kappa shape index (κ2) is 2.60. The van der Waals surface area contributed by atoms with E-state index < -0.39 is 0 Å². The second-order valence-corrected chi connectivity index (χ2v) is 2.56. The predicted molar refractivity (Wildman–Crippen MR) is 39.0 cm³/mol. The molecule has 0 fully saturated rings. The highest BCUT2D eigenvalue weighted by molar-refractivity contribution is 6.34. The second-order valence-electron chi connectivity index (χ2n) is 1.71. The van der Waals surface area contributed by atoms with Gasteiger partial charge in [-0.25, -0.2) is 0 Å². The van der Waals surface area contributed by atoms with Crippen LogP contribution in [0.15, 0.2) is 22.3 Å². The lowest BCUT2D eigenvalue weighted by atomic mass is 10.3. The fourth-order valence-electron chi connectivity index (χ4n) is 0.583. The van der Waals surface area contributed by atoms with Crippen molar-refractivity contribution in [2.45, 2.75) is 6.17 Å². The SMILES string of the molecule is NC1C=C(Cl)C=C(Cl)N1. The van der Waals surface area contributed by atoms with Crippen molar-refractivity contribution < 1.29 is 0 Å². The molecule has 0 aliphatic carbocycles. The molecule has 1 atom stereocenters. The van der Waals surface area contributed by atoms with Crippen LogP contribution < -0.4 is 11.1 Å². The third-order valence-corrected chi connectivity index (χ3v) is 1.36. The van der Waals surface area contributed by atoms with Crippen LogP contribution in [-0.2, 0) is 0 Å². The van der Waals surface area contributed by atoms with Gasteiger partial charge >= 0.3 is 0 Å². The molecule has 0 spiro atoms. The zero-order valence-corrected chi connectivity index (χ0v) is 6.08. The molecule has 1 aliphatic heterocycles. The van der Waals surface area contributed by atoms with Gasteiger partial charge in [-0.2, -0.15) is 0 Å². The number of halogens is 2. The van der Waals surface area contributed by atoms with Crippen molar-refractivity contribution in [3.05, 3.63) is 22.3 Å². The van der Waals surface area contributed by atoms with E-state index in [4.69, 9.17) is 28.9 Å². The minimum Gasteiger partial charge on any atom is -0.357 e. The van der Waals surface area contributed by atoms with Crippen molar-refractivity contribution in [1.29, 1.82) is 0 Å². The average Bonchev–Trinajstić information content (AvgIpc) is 1.59. The van der Waals surface area contributed by atoms with Crippen LogP contribution in [0.4, 0.5) is 0 Å². The number of rotatable bonds is 0. The Labute approximate surface area is 63.3 Å². The number of allylic oxidation sites excluding steroid dienone is 2. The van der Waals surface area contributed by atoms with Crippen molar-refractivity contribution in [3.8, 4) is 0 Å². The van der Waals surface area contributed by atoms with E-state index in [-0.39, 0.29) is 6.17 Å². The van der Waals surface area contributed by atoms with Crippen LogP contribution in [0.2, 0.25) is 0 Å². The number of hydrogen-bond donors (Lipinski definition) is 2. The highest BCUT2D eigenvalue weighted by Crippen LogP contribution is 2.13. The molecule has 3 N–H and O–H groups in total. The van der Waals surface area contributed by atoms with Gasteiger partial charge in [0.2, 0.25) is 0 Å². The number of nitrogens with two attached hydrogens (primary N) is 1. The Kier molecular flexibility index (Phi) is 2.01. The summed E-state index contributed by atoms with van der Waals surface area (Å²) >= 11 is 11.1. The van der Waals surface area contributed by atoms with E-state index in [1.807, 2.05) is 0 Å². The molecule has 1 unspecified atom stereocenters. The van der Waals surface area contributed by atoms with Crippen LogP contribution in [0, 0.1) is 0 Å². The van der Waals surface area contributed by atoms with E-state index in [9.17, 15) is 0 Å². The first-order valence-corrected chi connectivity index (χ1v) is 3.21. The van der Waals surface area contributed by atoms with Gasteiger partial charge in [0.1, 0.15) is 5.16 Å². The predicted octanol–water partition coefficient (Wildman–Crippen LogP) is 1.08. The Morgan fingerprint density at radius 1 is 1.56 bits per heavy atom. The van der Waals surface area contributed by atoms with E-state index in [1.54, 1.807) is 12.2 Å². The van der Waals surface area contributed by atoms with Crippen LogP contribution in [0.3, 0.4) is 0 Å². The molecule has 0 saturated carbocycles. The summed E-state index contributed by atoms with van der Waals surface area (Å²) in [5.74, 6) is 0. The number of nitrogens with one attached hydrogen (secondary N) is 1. The fraction of sp³-hybridized carbons (Fsp3) is 0.200. The van der Waals surface area contributed by atoms with Gasteiger partial charge in [0.05, 0.1) is 6.17 Å². The molecular formula is C5H6Cl2N2. The molecule has 0 aromatic carbocycles. The summed E-state index contributed by atoms with van der Waals surface area (Å²) < 4.78 is 0. The van der Waals surface area contributed by atoms with Crippen molar-refractivity contribution in [2.75, 3.05) is 0 Å². The smallest absolute Gasteiger partial charge is 0.105 e. The molecule has 0 aromatic heterocycles. The first kappa shape index (κ1) is 6.93. The van der Waals surface area contributed by atoms with Gasteiger partial charge in [-0.15, -0.1) is 0 Å². The van der Waals surface area contributed by atoms with Gasteiger partial charge in [0.25, 0.3) is 0 Å². The molecular weight excluding hydrogens is 159 g/mol. The molecule has 1 aliphatic rings. The normalized spacial score (nSPS) is 26.3. The van der Waals surface area contributed by atoms with Crippen molar-refractivity contribution >= 4 is 23.2 Å². The maximum absolute atomic E-state index is 5.59. The third kappa shape index (κ3) is 1.90. The highest BCUT2D eigenvalue weighted by Gasteiger charge is 2.05. The molecule has 1 heterocycles. The Morgan fingerprint density at radius 3 is 2.67 bits per heavy atom. The molecule has 0 aromatic rings. The van der Waals surface area contributed by atoms with Crippen molar-refractivity contribution in [1.82, 2.24) is 5.32 Å². The molecule has 2 nitrogen and oxygen atoms in total. The molecule has 0 bridgehead atoms. The lowest BCUT2D eigenvalue weighted by molar-refractivity contribution is 0.714. The molecule has 9 heavy (non-hydrogen) atoms. The summed E-state index contributed by atoms with van der Waals surface area (Å²) in [5.41, 5.74) is 5.42. The first-order valence-electron chi connectivity index (χ1n) is 2.45. The van der Waals surface area contributed by atoms with Crippen LogP contribution in [0.5, 0.6) is 0 Å². The van der Waals surface area contributed by atoms with Crippen LogP contribution in [0.1, 0.15) is 0 Å². The van der Waals surface area contributed by atoms with Gasteiger partial charge in [-0.3, -0.25) is 0 Å². The topological polar surface area (TPSA) is 38.0 Å². The highest BCUT2D eigenvalue weighted by atomic mass is 35.5. The Morgan fingerprint density at radius 2 is 2.22 bits per heavy atom. The number of dihydropyridines is 1. The van der Waals surface area contributed by atoms with Crippen molar-refractivity contribution in [3.63, 3.8) is 0 Å². The van der Waals surface area contributed by atoms with Gasteiger partial charge < -0.3 is 11.1 Å². The average molecular weight is 165 g/mol. The maximum Gasteiger partial charge on any atom is 0.105 e. The van der Waals surface area contributed by atoms with Gasteiger partial charge in [0, 0.05) is 5.03 Å². The molecule has 4 heteroatoms. The van der Waals surface area contributed by atoms with E-state index in [0.717, 1.165) is 0 Å². The molecule has 1 rings (SSSR count). The lowest BCUT2D eigenvalue weighted by Gasteiger charge is -2.14. The standard InChI is InChI=1S/C5H6Cl2N2/c6-3-1-4(7)9-5(8)2-3/h1-2,5,9H,8H2. The van der Waals surface area contributed by atoms with Crippen LogP contribution in [0.25, 0.3) is 0 Å². The summed E-state index contributed by atoms with van der Waals surface area (Å²) in [4.78, 5) is 0. The zero-order valence-electron chi connectivity index (χ0n) is 4.57. The Hall–Kier alpha value is -0.180. The Balaban J connectivity index is 2.74. The first-order chi connectivity index (χ1) is 4.18. The summed E-state index contributed by atoms with van der Waals surface area (Å²) in [7, 11) is 0. The fourth-order valence-corrected chi connectivity index (χ4v) is 1.13. The van der Waals surface area contributed by atoms with Crippen LogP contribution >= 0.6 is 23.2 Å². The monoisotopic (exact) mass is 164 g/mol. The molecule has 0 amide bonds. The summed E-state index contributed by atoms with van der Waals surface area (Å²) in [5, 5.41) is 3.81. The van der Waals surface area contributed by atoms with E-state index in [1.165, 1.54) is 0 Å². The quantitative estimate of drug-likeness (QED) is 0.527. The summed E-state index contributed by atoms with van der Waals surface area (Å²) in [6.07, 6.45) is 3.02. The lowest BCUT2D eigenvalue weighted by Crippen LogP contribution is -2.35. The maximum atomic E-state index is 5.59. The van der Waals surface area contributed by atoms with Crippen molar-refractivity contribution in [2.24, 2.45) is 5.73 Å². The van der Waals surface area contributed by atoms with E-state index >= 15 is 0 Å². The molecule has 50 valence electrons. The zero-order chi connectivity index (χ0) is 6.85. The minimum absolute atomic E-state index is 0.255. The molecule has 0 saturated heterocycles. The number of hydrogen-bond acceptors (Lipinski definition) is 2. The Bertz CT molecular complexity index is 174. The van der Waals surface area contributed by atoms with Gasteiger partial charge in [0.15, 0.2) is 0 Å². The van der Waals surface area contributed by atoms with Crippen LogP contribution in [-0.4, -0.2) is 6.17 Å².